The largest absolute Gasteiger partial charge is 0.489 e. The molecule has 27 heavy (non-hydrogen) atoms. The lowest BCUT2D eigenvalue weighted by Crippen LogP contribution is -2.25. The smallest absolute Gasteiger partial charge is 0.217 e. The highest BCUT2D eigenvalue weighted by molar-refractivity contribution is 5.72. The first-order chi connectivity index (χ1) is 13.2. The van der Waals surface area contributed by atoms with E-state index in [1.165, 1.54) is 12.6 Å². The molecule has 1 atom stereocenters. The number of likely N-dealkylation sites (tertiary alicyclic amines) is 1. The summed E-state index contributed by atoms with van der Waals surface area (Å²) in [6.07, 6.45) is 6.86. The fraction of sp³-hybridized carbons (Fsp3) is 0.350. The van der Waals surface area contributed by atoms with Crippen molar-refractivity contribution in [3.05, 3.63) is 60.3 Å². The van der Waals surface area contributed by atoms with E-state index in [0.717, 1.165) is 43.1 Å². The van der Waals surface area contributed by atoms with Crippen molar-refractivity contribution in [2.45, 2.75) is 32.5 Å². The number of hydrogen-bond donors (Lipinski definition) is 1. The van der Waals surface area contributed by atoms with Crippen LogP contribution in [0, 0.1) is 0 Å². The summed E-state index contributed by atoms with van der Waals surface area (Å²) in [5.41, 5.74) is 2.96. The Morgan fingerprint density at radius 3 is 3.15 bits per heavy atom. The third kappa shape index (κ3) is 4.25. The zero-order valence-electron chi connectivity index (χ0n) is 15.3. The van der Waals surface area contributed by atoms with Crippen molar-refractivity contribution in [2.24, 2.45) is 0 Å². The SMILES string of the molecule is CC(=O)NCc1cc(OC2CCN(Cc3cnc4ccccn34)C2)ccn1. The number of carbonyl (C=O) groups is 1. The van der Waals surface area contributed by atoms with Gasteiger partial charge in [-0.3, -0.25) is 14.7 Å². The molecule has 1 unspecified atom stereocenters. The molecular weight excluding hydrogens is 342 g/mol. The van der Waals surface area contributed by atoms with Gasteiger partial charge in [0, 0.05) is 45.0 Å². The van der Waals surface area contributed by atoms with Crippen molar-refractivity contribution in [3.63, 3.8) is 0 Å². The Morgan fingerprint density at radius 1 is 1.33 bits per heavy atom. The second kappa shape index (κ2) is 7.75. The van der Waals surface area contributed by atoms with Gasteiger partial charge >= 0.3 is 0 Å². The maximum atomic E-state index is 11.0. The number of ether oxygens (including phenoxy) is 1. The molecule has 7 heteroatoms. The average Bonchev–Trinajstić information content (AvgIpc) is 3.28. The summed E-state index contributed by atoms with van der Waals surface area (Å²) >= 11 is 0. The van der Waals surface area contributed by atoms with Crippen LogP contribution in [0.1, 0.15) is 24.7 Å². The van der Waals surface area contributed by atoms with Crippen LogP contribution in [0.3, 0.4) is 0 Å². The summed E-state index contributed by atoms with van der Waals surface area (Å²) in [5.74, 6) is 0.731. The van der Waals surface area contributed by atoms with Crippen molar-refractivity contribution in [1.82, 2.24) is 24.6 Å². The first-order valence-electron chi connectivity index (χ1n) is 9.17. The molecule has 1 N–H and O–H groups in total. The standard InChI is InChI=1S/C20H23N5O2/c1-15(26)22-11-16-10-18(5-7-21-16)27-19-6-9-24(14-19)13-17-12-23-20-4-2-3-8-25(17)20/h2-5,7-8,10,12,19H,6,9,11,13-14H2,1H3,(H,22,26). The molecule has 4 heterocycles. The Kier molecular flexibility index (Phi) is 5.02. The van der Waals surface area contributed by atoms with E-state index in [9.17, 15) is 4.79 Å². The summed E-state index contributed by atoms with van der Waals surface area (Å²) in [4.78, 5) is 22.2. The van der Waals surface area contributed by atoms with Crippen LogP contribution in [0.25, 0.3) is 5.65 Å². The normalized spacial score (nSPS) is 17.3. The molecule has 0 aromatic carbocycles. The van der Waals surface area contributed by atoms with Crippen molar-refractivity contribution in [3.8, 4) is 5.75 Å². The molecule has 0 radical (unpaired) electrons. The lowest BCUT2D eigenvalue weighted by molar-refractivity contribution is -0.119. The number of imidazole rings is 1. The van der Waals surface area contributed by atoms with Gasteiger partial charge < -0.3 is 14.5 Å². The number of fused-ring (bicyclic) bond motifs is 1. The fourth-order valence-electron chi connectivity index (χ4n) is 3.40. The zero-order chi connectivity index (χ0) is 18.6. The Labute approximate surface area is 158 Å². The quantitative estimate of drug-likeness (QED) is 0.724. The molecule has 1 saturated heterocycles. The maximum Gasteiger partial charge on any atom is 0.217 e. The van der Waals surface area contributed by atoms with Gasteiger partial charge in [0.05, 0.1) is 24.1 Å². The summed E-state index contributed by atoms with van der Waals surface area (Å²) in [6.45, 7) is 4.64. The van der Waals surface area contributed by atoms with E-state index < -0.39 is 0 Å². The van der Waals surface area contributed by atoms with Crippen molar-refractivity contribution in [1.29, 1.82) is 0 Å². The summed E-state index contributed by atoms with van der Waals surface area (Å²) < 4.78 is 8.27. The number of aromatic nitrogens is 3. The van der Waals surface area contributed by atoms with Gasteiger partial charge in [0.2, 0.25) is 5.91 Å². The zero-order valence-corrected chi connectivity index (χ0v) is 15.3. The van der Waals surface area contributed by atoms with E-state index in [1.54, 1.807) is 6.20 Å². The summed E-state index contributed by atoms with van der Waals surface area (Å²) in [5, 5.41) is 2.76. The van der Waals surface area contributed by atoms with E-state index in [4.69, 9.17) is 4.74 Å². The molecule has 1 aliphatic rings. The number of hydrogen-bond acceptors (Lipinski definition) is 5. The molecule has 0 aliphatic carbocycles. The number of nitrogens with one attached hydrogen (secondary N) is 1. The first kappa shape index (κ1) is 17.5. The van der Waals surface area contributed by atoms with Gasteiger partial charge in [0.25, 0.3) is 0 Å². The van der Waals surface area contributed by atoms with Gasteiger partial charge in [-0.25, -0.2) is 4.98 Å². The third-order valence-electron chi connectivity index (χ3n) is 4.72. The monoisotopic (exact) mass is 365 g/mol. The second-order valence-electron chi connectivity index (χ2n) is 6.83. The molecule has 1 amide bonds. The van der Waals surface area contributed by atoms with Gasteiger partial charge in [-0.05, 0) is 24.6 Å². The Bertz CT molecular complexity index is 939. The number of rotatable bonds is 6. The van der Waals surface area contributed by atoms with Crippen LogP contribution in [0.15, 0.2) is 48.9 Å². The molecule has 0 saturated carbocycles. The molecule has 1 aliphatic heterocycles. The van der Waals surface area contributed by atoms with Crippen molar-refractivity contribution >= 4 is 11.6 Å². The highest BCUT2D eigenvalue weighted by atomic mass is 16.5. The Balaban J connectivity index is 1.34. The number of amides is 1. The molecule has 7 nitrogen and oxygen atoms in total. The molecule has 3 aromatic heterocycles. The lowest BCUT2D eigenvalue weighted by Gasteiger charge is -2.17. The minimum absolute atomic E-state index is 0.0676. The molecular formula is C20H23N5O2. The number of nitrogens with zero attached hydrogens (tertiary/aromatic N) is 4. The van der Waals surface area contributed by atoms with Gasteiger partial charge in [-0.2, -0.15) is 0 Å². The van der Waals surface area contributed by atoms with Crippen LogP contribution in [0.5, 0.6) is 5.75 Å². The topological polar surface area (TPSA) is 71.8 Å². The first-order valence-corrected chi connectivity index (χ1v) is 9.17. The molecule has 0 bridgehead atoms. The van der Waals surface area contributed by atoms with Crippen molar-refractivity contribution < 1.29 is 9.53 Å². The van der Waals surface area contributed by atoms with Crippen LogP contribution < -0.4 is 10.1 Å². The Morgan fingerprint density at radius 2 is 2.26 bits per heavy atom. The molecule has 3 aromatic rings. The predicted molar refractivity (Wildman–Crippen MR) is 101 cm³/mol. The highest BCUT2D eigenvalue weighted by Gasteiger charge is 2.24. The van der Waals surface area contributed by atoms with E-state index in [-0.39, 0.29) is 12.0 Å². The molecule has 4 rings (SSSR count). The molecule has 0 spiro atoms. The minimum atomic E-state index is -0.0676. The fourth-order valence-corrected chi connectivity index (χ4v) is 3.40. The summed E-state index contributed by atoms with van der Waals surface area (Å²) in [6, 6.07) is 9.80. The average molecular weight is 365 g/mol. The summed E-state index contributed by atoms with van der Waals surface area (Å²) in [7, 11) is 0. The van der Waals surface area contributed by atoms with E-state index in [0.29, 0.717) is 6.54 Å². The third-order valence-corrected chi connectivity index (χ3v) is 4.72. The minimum Gasteiger partial charge on any atom is -0.489 e. The van der Waals surface area contributed by atoms with Crippen LogP contribution >= 0.6 is 0 Å². The number of pyridine rings is 2. The van der Waals surface area contributed by atoms with Gasteiger partial charge in [-0.1, -0.05) is 6.07 Å². The maximum absolute atomic E-state index is 11.0. The number of carbonyl (C=O) groups excluding carboxylic acids is 1. The van der Waals surface area contributed by atoms with Gasteiger partial charge in [0.1, 0.15) is 17.5 Å². The van der Waals surface area contributed by atoms with Gasteiger partial charge in [-0.15, -0.1) is 0 Å². The van der Waals surface area contributed by atoms with Crippen LogP contribution in [0.4, 0.5) is 0 Å². The van der Waals surface area contributed by atoms with Crippen LogP contribution in [-0.2, 0) is 17.9 Å². The highest BCUT2D eigenvalue weighted by Crippen LogP contribution is 2.20. The predicted octanol–water partition coefficient (Wildman–Crippen LogP) is 2.02. The van der Waals surface area contributed by atoms with Crippen LogP contribution in [-0.4, -0.2) is 44.4 Å². The van der Waals surface area contributed by atoms with E-state index >= 15 is 0 Å². The van der Waals surface area contributed by atoms with Gasteiger partial charge in [0.15, 0.2) is 0 Å². The Hall–Kier alpha value is -2.93. The lowest BCUT2D eigenvalue weighted by atomic mass is 10.3. The molecule has 1 fully saturated rings. The molecule has 140 valence electrons. The second-order valence-corrected chi connectivity index (χ2v) is 6.83. The van der Waals surface area contributed by atoms with E-state index in [2.05, 4.69) is 30.8 Å². The van der Waals surface area contributed by atoms with Crippen LogP contribution in [0.2, 0.25) is 0 Å². The van der Waals surface area contributed by atoms with Crippen molar-refractivity contribution in [2.75, 3.05) is 13.1 Å². The van der Waals surface area contributed by atoms with E-state index in [1.807, 2.05) is 36.5 Å².